The van der Waals surface area contributed by atoms with Crippen LogP contribution in [0.3, 0.4) is 0 Å². The van der Waals surface area contributed by atoms with E-state index in [1.165, 1.54) is 0 Å². The summed E-state index contributed by atoms with van der Waals surface area (Å²) in [7, 11) is 1.62. The Hall–Kier alpha value is -1.37. The van der Waals surface area contributed by atoms with Gasteiger partial charge in [0.05, 0.1) is 26.3 Å². The number of benzene rings is 1. The van der Waals surface area contributed by atoms with Crippen LogP contribution in [-0.4, -0.2) is 28.8 Å². The van der Waals surface area contributed by atoms with Crippen molar-refractivity contribution >= 4 is 15.9 Å². The molecule has 0 aliphatic heterocycles. The van der Waals surface area contributed by atoms with Gasteiger partial charge in [-0.05, 0) is 18.2 Å². The number of aliphatic hydroxyl groups is 1. The molecule has 1 atom stereocenters. The Labute approximate surface area is 120 Å². The van der Waals surface area contributed by atoms with E-state index < -0.39 is 0 Å². The lowest BCUT2D eigenvalue weighted by Gasteiger charge is -2.19. The number of nitrogens with zero attached hydrogens (tertiary/aromatic N) is 1. The summed E-state index contributed by atoms with van der Waals surface area (Å²) >= 11 is 3.43. The second-order valence-electron chi connectivity index (χ2n) is 4.04. The second-order valence-corrected chi connectivity index (χ2v) is 4.95. The summed E-state index contributed by atoms with van der Waals surface area (Å²) in [6.07, 6.45) is 3.47. The Bertz CT molecular complexity index is 517. The van der Waals surface area contributed by atoms with Gasteiger partial charge in [-0.15, -0.1) is 0 Å². The van der Waals surface area contributed by atoms with Gasteiger partial charge in [-0.25, -0.2) is 4.98 Å². The highest BCUT2D eigenvalue weighted by Crippen LogP contribution is 2.28. The predicted molar refractivity (Wildman–Crippen MR) is 75.9 cm³/mol. The van der Waals surface area contributed by atoms with Gasteiger partial charge in [-0.1, -0.05) is 15.9 Å². The van der Waals surface area contributed by atoms with E-state index in [4.69, 9.17) is 4.74 Å². The minimum absolute atomic E-state index is 0.0203. The number of rotatable bonds is 6. The first-order chi connectivity index (χ1) is 9.24. The highest BCUT2D eigenvalue weighted by Gasteiger charge is 2.15. The fourth-order valence-electron chi connectivity index (χ4n) is 1.86. The van der Waals surface area contributed by atoms with Gasteiger partial charge in [0, 0.05) is 22.4 Å². The summed E-state index contributed by atoms with van der Waals surface area (Å²) in [6, 6.07) is 5.51. The summed E-state index contributed by atoms with van der Waals surface area (Å²) in [5.41, 5.74) is 0.908. The van der Waals surface area contributed by atoms with E-state index in [-0.39, 0.29) is 12.6 Å². The third-order valence-electron chi connectivity index (χ3n) is 2.82. The summed E-state index contributed by atoms with van der Waals surface area (Å²) in [6.45, 7) is 0.529. The summed E-state index contributed by atoms with van der Waals surface area (Å²) in [5.74, 6) is 1.57. The van der Waals surface area contributed by atoms with Crippen molar-refractivity contribution in [2.75, 3.05) is 13.7 Å². The van der Waals surface area contributed by atoms with Crippen LogP contribution in [0.25, 0.3) is 0 Å². The van der Waals surface area contributed by atoms with Gasteiger partial charge in [0.25, 0.3) is 0 Å². The maximum atomic E-state index is 9.55. The molecule has 3 N–H and O–H groups in total. The molecule has 5 nitrogen and oxygen atoms in total. The zero-order valence-corrected chi connectivity index (χ0v) is 12.1. The number of imidazole rings is 1. The summed E-state index contributed by atoms with van der Waals surface area (Å²) < 4.78 is 6.27. The first-order valence-corrected chi connectivity index (χ1v) is 6.70. The largest absolute Gasteiger partial charge is 0.496 e. The van der Waals surface area contributed by atoms with Crippen molar-refractivity contribution in [2.45, 2.75) is 12.6 Å². The molecular weight excluding hydrogens is 310 g/mol. The van der Waals surface area contributed by atoms with Crippen molar-refractivity contribution in [3.8, 4) is 5.75 Å². The Balaban J connectivity index is 2.14. The number of hydrogen-bond acceptors (Lipinski definition) is 4. The molecule has 0 radical (unpaired) electrons. The first kappa shape index (κ1) is 14.0. The monoisotopic (exact) mass is 325 g/mol. The van der Waals surface area contributed by atoms with Crippen molar-refractivity contribution in [1.29, 1.82) is 0 Å². The highest BCUT2D eigenvalue weighted by atomic mass is 79.9. The topological polar surface area (TPSA) is 70.2 Å². The molecule has 0 saturated heterocycles. The molecule has 2 aromatic rings. The zero-order chi connectivity index (χ0) is 13.7. The van der Waals surface area contributed by atoms with Crippen LogP contribution in [0.15, 0.2) is 35.1 Å². The van der Waals surface area contributed by atoms with E-state index in [0.717, 1.165) is 21.6 Å². The molecule has 1 heterocycles. The summed E-state index contributed by atoms with van der Waals surface area (Å²) in [5, 5.41) is 12.8. The maximum Gasteiger partial charge on any atom is 0.123 e. The van der Waals surface area contributed by atoms with Gasteiger partial charge < -0.3 is 20.1 Å². The van der Waals surface area contributed by atoms with Gasteiger partial charge >= 0.3 is 0 Å². The molecule has 0 aliphatic carbocycles. The quantitative estimate of drug-likeness (QED) is 0.759. The number of aromatic nitrogens is 2. The number of halogens is 1. The van der Waals surface area contributed by atoms with Gasteiger partial charge in [-0.3, -0.25) is 0 Å². The normalized spacial score (nSPS) is 12.4. The van der Waals surface area contributed by atoms with Crippen molar-refractivity contribution in [3.63, 3.8) is 0 Å². The van der Waals surface area contributed by atoms with Gasteiger partial charge in [0.1, 0.15) is 11.6 Å². The lowest BCUT2D eigenvalue weighted by Crippen LogP contribution is -2.25. The molecule has 0 amide bonds. The maximum absolute atomic E-state index is 9.55. The fourth-order valence-corrected chi connectivity index (χ4v) is 2.24. The first-order valence-electron chi connectivity index (χ1n) is 5.90. The van der Waals surface area contributed by atoms with Crippen LogP contribution in [0.1, 0.15) is 17.4 Å². The highest BCUT2D eigenvalue weighted by molar-refractivity contribution is 9.10. The van der Waals surface area contributed by atoms with E-state index in [2.05, 4.69) is 31.2 Å². The third-order valence-corrected chi connectivity index (χ3v) is 3.31. The molecule has 0 spiro atoms. The average molecular weight is 326 g/mol. The minimum atomic E-state index is -0.211. The van der Waals surface area contributed by atoms with Crippen LogP contribution in [0, 0.1) is 0 Å². The van der Waals surface area contributed by atoms with Crippen LogP contribution in [0.4, 0.5) is 0 Å². The van der Waals surface area contributed by atoms with Crippen molar-refractivity contribution in [1.82, 2.24) is 15.3 Å². The van der Waals surface area contributed by atoms with Gasteiger partial charge in [-0.2, -0.15) is 0 Å². The Morgan fingerprint density at radius 2 is 2.37 bits per heavy atom. The Morgan fingerprint density at radius 1 is 1.53 bits per heavy atom. The van der Waals surface area contributed by atoms with Crippen LogP contribution < -0.4 is 10.1 Å². The van der Waals surface area contributed by atoms with Crippen LogP contribution in [-0.2, 0) is 6.54 Å². The lowest BCUT2D eigenvalue weighted by atomic mass is 10.1. The number of aliphatic hydroxyl groups excluding tert-OH is 1. The van der Waals surface area contributed by atoms with E-state index in [1.54, 1.807) is 19.5 Å². The predicted octanol–water partition coefficient (Wildman–Crippen LogP) is 2.00. The number of methoxy groups -OCH3 is 1. The number of aromatic amines is 1. The van der Waals surface area contributed by atoms with Crippen LogP contribution in [0.5, 0.6) is 5.75 Å². The van der Waals surface area contributed by atoms with E-state index in [9.17, 15) is 5.11 Å². The SMILES string of the molecule is COc1ccc(Br)cc1C(CO)NCc1ncc[nH]1. The van der Waals surface area contributed by atoms with E-state index in [1.807, 2.05) is 18.2 Å². The number of nitrogens with one attached hydrogen (secondary N) is 2. The fraction of sp³-hybridized carbons (Fsp3) is 0.308. The second kappa shape index (κ2) is 6.70. The number of ether oxygens (including phenoxy) is 1. The summed E-state index contributed by atoms with van der Waals surface area (Å²) in [4.78, 5) is 7.15. The van der Waals surface area contributed by atoms with Crippen molar-refractivity contribution in [3.05, 3.63) is 46.5 Å². The zero-order valence-electron chi connectivity index (χ0n) is 10.6. The molecular formula is C13H16BrN3O2. The average Bonchev–Trinajstić information content (AvgIpc) is 2.93. The standard InChI is InChI=1S/C13H16BrN3O2/c1-19-12-3-2-9(14)6-10(12)11(8-18)17-7-13-15-4-5-16-13/h2-6,11,17-18H,7-8H2,1H3,(H,15,16). The molecule has 1 aromatic carbocycles. The molecule has 0 aliphatic rings. The molecule has 0 bridgehead atoms. The lowest BCUT2D eigenvalue weighted by molar-refractivity contribution is 0.239. The third kappa shape index (κ3) is 3.56. The Morgan fingerprint density at radius 3 is 3.00 bits per heavy atom. The molecule has 0 saturated carbocycles. The van der Waals surface area contributed by atoms with Crippen LogP contribution >= 0.6 is 15.9 Å². The van der Waals surface area contributed by atoms with Crippen molar-refractivity contribution in [2.24, 2.45) is 0 Å². The number of H-pyrrole nitrogens is 1. The van der Waals surface area contributed by atoms with Gasteiger partial charge in [0.2, 0.25) is 0 Å². The molecule has 0 fully saturated rings. The van der Waals surface area contributed by atoms with Crippen molar-refractivity contribution < 1.29 is 9.84 Å². The van der Waals surface area contributed by atoms with E-state index >= 15 is 0 Å². The molecule has 1 aromatic heterocycles. The van der Waals surface area contributed by atoms with Crippen LogP contribution in [0.2, 0.25) is 0 Å². The molecule has 19 heavy (non-hydrogen) atoms. The van der Waals surface area contributed by atoms with Gasteiger partial charge in [0.15, 0.2) is 0 Å². The Kier molecular flexibility index (Phi) is 4.95. The van der Waals surface area contributed by atoms with E-state index in [0.29, 0.717) is 6.54 Å². The molecule has 102 valence electrons. The smallest absolute Gasteiger partial charge is 0.123 e. The molecule has 2 rings (SSSR count). The molecule has 6 heteroatoms. The molecule has 1 unspecified atom stereocenters. The number of hydrogen-bond donors (Lipinski definition) is 3. The minimum Gasteiger partial charge on any atom is -0.496 e.